The van der Waals surface area contributed by atoms with Crippen molar-refractivity contribution in [3.8, 4) is 0 Å². The zero-order chi connectivity index (χ0) is 19.2. The molecule has 1 aromatic heterocycles. The third kappa shape index (κ3) is 3.01. The highest BCUT2D eigenvalue weighted by atomic mass is 16.5. The van der Waals surface area contributed by atoms with E-state index in [9.17, 15) is 14.4 Å². The van der Waals surface area contributed by atoms with E-state index in [1.165, 1.54) is 0 Å². The van der Waals surface area contributed by atoms with Crippen molar-refractivity contribution in [3.63, 3.8) is 0 Å². The molecule has 0 spiro atoms. The normalized spacial score (nSPS) is 21.6. The Labute approximate surface area is 156 Å². The second-order valence-electron chi connectivity index (χ2n) is 7.92. The van der Waals surface area contributed by atoms with Crippen molar-refractivity contribution in [2.45, 2.75) is 32.6 Å². The quantitative estimate of drug-likeness (QED) is 0.662. The van der Waals surface area contributed by atoms with Gasteiger partial charge in [0.2, 0.25) is 11.5 Å². The van der Waals surface area contributed by atoms with E-state index in [4.69, 9.17) is 4.52 Å². The third-order valence-electron chi connectivity index (χ3n) is 5.17. The summed E-state index contributed by atoms with van der Waals surface area (Å²) < 4.78 is 5.34. The number of carbonyl (C=O) groups is 3. The average Bonchev–Trinajstić information content (AvgIpc) is 3.05. The second kappa shape index (κ2) is 6.30. The van der Waals surface area contributed by atoms with Gasteiger partial charge in [-0.2, -0.15) is 0 Å². The first kappa shape index (κ1) is 17.4. The van der Waals surface area contributed by atoms with Crippen molar-refractivity contribution in [1.29, 1.82) is 0 Å². The summed E-state index contributed by atoms with van der Waals surface area (Å²) in [6, 6.07) is 8.76. The van der Waals surface area contributed by atoms with Crippen molar-refractivity contribution in [3.05, 3.63) is 59.6 Å². The first-order chi connectivity index (χ1) is 12.9. The average molecular weight is 364 g/mol. The maximum atomic E-state index is 12.7. The summed E-state index contributed by atoms with van der Waals surface area (Å²) in [6.45, 7) is 3.85. The van der Waals surface area contributed by atoms with E-state index >= 15 is 0 Å². The van der Waals surface area contributed by atoms with Crippen molar-refractivity contribution < 1.29 is 18.9 Å². The molecule has 6 heteroatoms. The van der Waals surface area contributed by atoms with Gasteiger partial charge in [0.15, 0.2) is 0 Å². The lowest BCUT2D eigenvalue weighted by atomic mass is 9.67. The van der Waals surface area contributed by atoms with Gasteiger partial charge < -0.3 is 9.84 Å². The van der Waals surface area contributed by atoms with Crippen LogP contribution in [0.4, 0.5) is 5.69 Å². The standard InChI is InChI=1S/C21H20N2O4/c1-21(2)10-14(24)16(15(25)11-21)13-8-9-22-18-17(13)23-27-20(18)19(26)12-6-4-3-5-7-12/h3-9,13,16,22H,10-11H2,1-2H3. The van der Waals surface area contributed by atoms with E-state index in [0.717, 1.165) is 0 Å². The summed E-state index contributed by atoms with van der Waals surface area (Å²) in [7, 11) is 0. The van der Waals surface area contributed by atoms with Gasteiger partial charge in [0.25, 0.3) is 0 Å². The molecule has 2 aliphatic rings. The van der Waals surface area contributed by atoms with E-state index in [2.05, 4.69) is 10.5 Å². The largest absolute Gasteiger partial charge is 0.357 e. The summed E-state index contributed by atoms with van der Waals surface area (Å²) in [6.07, 6.45) is 4.10. The Bertz CT molecular complexity index is 936. The summed E-state index contributed by atoms with van der Waals surface area (Å²) in [5.74, 6) is -1.68. The van der Waals surface area contributed by atoms with Gasteiger partial charge in [-0.3, -0.25) is 14.4 Å². The SMILES string of the molecule is CC1(C)CC(=O)C(C2C=CNc3c2noc3C(=O)c2ccccc2)C(=O)C1. The van der Waals surface area contributed by atoms with Gasteiger partial charge in [0.05, 0.1) is 5.92 Å². The fourth-order valence-corrected chi connectivity index (χ4v) is 3.95. The number of rotatable bonds is 3. The number of Topliss-reactive ketones (excluding diaryl/α,β-unsaturated/α-hetero) is 2. The number of aromatic nitrogens is 1. The van der Waals surface area contributed by atoms with Crippen LogP contribution in [0.25, 0.3) is 0 Å². The fourth-order valence-electron chi connectivity index (χ4n) is 3.95. The lowest BCUT2D eigenvalue weighted by molar-refractivity contribution is -0.140. The van der Waals surface area contributed by atoms with Gasteiger partial charge >= 0.3 is 0 Å². The number of fused-ring (bicyclic) bond motifs is 1. The highest BCUT2D eigenvalue weighted by Crippen LogP contribution is 2.43. The second-order valence-corrected chi connectivity index (χ2v) is 7.92. The Hall–Kier alpha value is -3.02. The summed E-state index contributed by atoms with van der Waals surface area (Å²) in [5.41, 5.74) is 1.03. The van der Waals surface area contributed by atoms with Crippen LogP contribution in [0.15, 0.2) is 47.1 Å². The summed E-state index contributed by atoms with van der Waals surface area (Å²) in [5, 5.41) is 7.05. The molecule has 0 radical (unpaired) electrons. The number of hydrogen-bond acceptors (Lipinski definition) is 6. The van der Waals surface area contributed by atoms with E-state index in [-0.39, 0.29) is 28.5 Å². The van der Waals surface area contributed by atoms with Crippen LogP contribution in [-0.2, 0) is 9.59 Å². The third-order valence-corrected chi connectivity index (χ3v) is 5.17. The molecule has 2 heterocycles. The van der Waals surface area contributed by atoms with Crippen LogP contribution in [0.5, 0.6) is 0 Å². The minimum absolute atomic E-state index is 0.0848. The van der Waals surface area contributed by atoms with Crippen LogP contribution in [0.1, 0.15) is 54.4 Å². The first-order valence-corrected chi connectivity index (χ1v) is 8.95. The predicted molar refractivity (Wildman–Crippen MR) is 98.4 cm³/mol. The van der Waals surface area contributed by atoms with Crippen LogP contribution in [0.3, 0.4) is 0 Å². The molecule has 1 unspecified atom stereocenters. The number of hydrogen-bond donors (Lipinski definition) is 1. The van der Waals surface area contributed by atoms with Crippen molar-refractivity contribution in [2.75, 3.05) is 5.32 Å². The van der Waals surface area contributed by atoms with Gasteiger partial charge in [-0.25, -0.2) is 0 Å². The lowest BCUT2D eigenvalue weighted by Gasteiger charge is -2.35. The molecule has 6 nitrogen and oxygen atoms in total. The molecule has 4 rings (SSSR count). The Balaban J connectivity index is 1.69. The molecule has 2 aromatic rings. The molecule has 138 valence electrons. The van der Waals surface area contributed by atoms with Crippen molar-refractivity contribution in [1.82, 2.24) is 5.16 Å². The van der Waals surface area contributed by atoms with E-state index in [1.54, 1.807) is 36.5 Å². The van der Waals surface area contributed by atoms with E-state index < -0.39 is 11.8 Å². The topological polar surface area (TPSA) is 89.3 Å². The zero-order valence-electron chi connectivity index (χ0n) is 15.2. The van der Waals surface area contributed by atoms with Crippen LogP contribution >= 0.6 is 0 Å². The minimum Gasteiger partial charge on any atom is -0.357 e. The number of nitrogens with zero attached hydrogens (tertiary/aromatic N) is 1. The molecule has 0 saturated heterocycles. The molecule has 1 aliphatic heterocycles. The zero-order valence-corrected chi connectivity index (χ0v) is 15.2. The highest BCUT2D eigenvalue weighted by molar-refractivity contribution is 6.11. The van der Waals surface area contributed by atoms with Crippen LogP contribution in [0.2, 0.25) is 0 Å². The van der Waals surface area contributed by atoms with Crippen LogP contribution in [0, 0.1) is 11.3 Å². The smallest absolute Gasteiger partial charge is 0.233 e. The van der Waals surface area contributed by atoms with Crippen LogP contribution < -0.4 is 5.32 Å². The summed E-state index contributed by atoms with van der Waals surface area (Å²) >= 11 is 0. The number of anilines is 1. The van der Waals surface area contributed by atoms with Crippen LogP contribution in [-0.4, -0.2) is 22.5 Å². The monoisotopic (exact) mass is 364 g/mol. The first-order valence-electron chi connectivity index (χ1n) is 8.95. The maximum Gasteiger partial charge on any atom is 0.233 e. The highest BCUT2D eigenvalue weighted by Gasteiger charge is 2.45. The van der Waals surface area contributed by atoms with Gasteiger partial charge in [0.1, 0.15) is 22.9 Å². The molecule has 1 aromatic carbocycles. The lowest BCUT2D eigenvalue weighted by Crippen LogP contribution is -2.40. The van der Waals surface area contributed by atoms with Gasteiger partial charge in [-0.15, -0.1) is 0 Å². The molecular weight excluding hydrogens is 344 g/mol. The Morgan fingerprint density at radius 1 is 1.15 bits per heavy atom. The van der Waals surface area contributed by atoms with Crippen molar-refractivity contribution >= 4 is 23.0 Å². The van der Waals surface area contributed by atoms with Gasteiger partial charge in [-0.1, -0.05) is 55.4 Å². The fraction of sp³-hybridized carbons (Fsp3) is 0.333. The minimum atomic E-state index is -0.778. The molecule has 0 bridgehead atoms. The van der Waals surface area contributed by atoms with E-state index in [0.29, 0.717) is 29.8 Å². The molecule has 1 fully saturated rings. The van der Waals surface area contributed by atoms with Gasteiger partial charge in [0, 0.05) is 24.3 Å². The van der Waals surface area contributed by atoms with Crippen molar-refractivity contribution in [2.24, 2.45) is 11.3 Å². The number of benzene rings is 1. The Kier molecular flexibility index (Phi) is 4.06. The number of allylic oxidation sites excluding steroid dienone is 1. The Morgan fingerprint density at radius 2 is 1.81 bits per heavy atom. The molecule has 1 aliphatic carbocycles. The number of ketones is 3. The molecule has 27 heavy (non-hydrogen) atoms. The molecule has 1 N–H and O–H groups in total. The summed E-state index contributed by atoms with van der Waals surface area (Å²) in [4.78, 5) is 38.1. The molecule has 1 atom stereocenters. The molecular formula is C21H20N2O4. The maximum absolute atomic E-state index is 12.7. The molecule has 1 saturated carbocycles. The predicted octanol–water partition coefficient (Wildman–Crippen LogP) is 3.50. The molecule has 0 amide bonds. The number of carbonyl (C=O) groups excluding carboxylic acids is 3. The number of nitrogens with one attached hydrogen (secondary N) is 1. The Morgan fingerprint density at radius 3 is 2.48 bits per heavy atom. The van der Waals surface area contributed by atoms with E-state index in [1.807, 2.05) is 19.9 Å². The van der Waals surface area contributed by atoms with Gasteiger partial charge in [-0.05, 0) is 11.6 Å².